The summed E-state index contributed by atoms with van der Waals surface area (Å²) in [4.78, 5) is 27.1. The molecule has 0 bridgehead atoms. The van der Waals surface area contributed by atoms with E-state index in [1.807, 2.05) is 18.2 Å². The summed E-state index contributed by atoms with van der Waals surface area (Å²) < 4.78 is 13.4. The topological polar surface area (TPSA) is 82.7 Å². The van der Waals surface area contributed by atoms with Gasteiger partial charge >= 0.3 is 5.69 Å². The number of phenols is 1. The second-order valence-electron chi connectivity index (χ2n) is 6.89. The Bertz CT molecular complexity index is 1380. The molecule has 168 valence electrons. The minimum Gasteiger partial charge on any atom is -0.502 e. The van der Waals surface area contributed by atoms with Gasteiger partial charge in [0.1, 0.15) is 0 Å². The van der Waals surface area contributed by atoms with Crippen LogP contribution in [0.3, 0.4) is 0 Å². The minimum absolute atomic E-state index is 0.142. The standard InChI is InChI=1S/C24H19ClN2O5S/c1-31-18-12-15(13-19(32-2)23(18)29)8-11-22(28)27-17(20-9-10-21(25)33-20)14-26(24(27)30)16-6-4-3-5-7-16/h3-14,29H,1-2H3/b11-8+. The van der Waals surface area contributed by atoms with E-state index in [0.29, 0.717) is 26.2 Å². The number of aromatic nitrogens is 2. The van der Waals surface area contributed by atoms with Crippen LogP contribution in [0.1, 0.15) is 10.4 Å². The molecular formula is C24H19ClN2O5S. The number of halogens is 1. The van der Waals surface area contributed by atoms with Gasteiger partial charge in [0.05, 0.1) is 34.8 Å². The first kappa shape index (κ1) is 22.4. The summed E-state index contributed by atoms with van der Waals surface area (Å²) in [5, 5.41) is 10.1. The van der Waals surface area contributed by atoms with Gasteiger partial charge in [0.2, 0.25) is 5.75 Å². The van der Waals surface area contributed by atoms with Crippen LogP contribution >= 0.6 is 22.9 Å². The first-order chi connectivity index (χ1) is 15.9. The number of hydrogen-bond acceptors (Lipinski definition) is 6. The molecule has 0 spiro atoms. The second kappa shape index (κ2) is 9.40. The molecule has 2 aromatic carbocycles. The number of rotatable bonds is 6. The van der Waals surface area contributed by atoms with Crippen molar-refractivity contribution in [2.75, 3.05) is 14.2 Å². The SMILES string of the molecule is COc1cc(/C=C/C(=O)n2c(-c3ccc(Cl)s3)cn(-c3ccccc3)c2=O)cc(OC)c1O. The van der Waals surface area contributed by atoms with Crippen LogP contribution in [0.5, 0.6) is 17.2 Å². The highest BCUT2D eigenvalue weighted by Crippen LogP contribution is 2.37. The Labute approximate surface area is 198 Å². The average molecular weight is 483 g/mol. The molecule has 0 radical (unpaired) electrons. The van der Waals surface area contributed by atoms with Crippen molar-refractivity contribution in [2.24, 2.45) is 0 Å². The van der Waals surface area contributed by atoms with Crippen LogP contribution in [0.15, 0.2) is 71.7 Å². The fraction of sp³-hybridized carbons (Fsp3) is 0.0833. The number of imidazole rings is 1. The first-order valence-corrected chi connectivity index (χ1v) is 10.9. The lowest BCUT2D eigenvalue weighted by Crippen LogP contribution is -2.27. The summed E-state index contributed by atoms with van der Waals surface area (Å²) in [6.45, 7) is 0. The highest BCUT2D eigenvalue weighted by Gasteiger charge is 2.19. The van der Waals surface area contributed by atoms with Crippen LogP contribution in [0, 0.1) is 0 Å². The lowest BCUT2D eigenvalue weighted by Gasteiger charge is -2.09. The number of para-hydroxylation sites is 1. The van der Waals surface area contributed by atoms with Crippen LogP contribution in [0.4, 0.5) is 0 Å². The summed E-state index contributed by atoms with van der Waals surface area (Å²) in [7, 11) is 2.83. The maximum absolute atomic E-state index is 13.2. The smallest absolute Gasteiger partial charge is 0.340 e. The largest absolute Gasteiger partial charge is 0.502 e. The van der Waals surface area contributed by atoms with Crippen molar-refractivity contribution >= 4 is 34.9 Å². The number of allylic oxidation sites excluding steroid dienone is 1. The molecule has 33 heavy (non-hydrogen) atoms. The number of ether oxygens (including phenoxy) is 2. The molecule has 2 aromatic heterocycles. The molecule has 0 saturated heterocycles. The molecule has 0 atom stereocenters. The van der Waals surface area contributed by atoms with E-state index in [2.05, 4.69) is 0 Å². The third-order valence-corrected chi connectivity index (χ3v) is 6.14. The Balaban J connectivity index is 1.79. The quantitative estimate of drug-likeness (QED) is 0.387. The van der Waals surface area contributed by atoms with Gasteiger partial charge in [-0.15, -0.1) is 11.3 Å². The number of carbonyl (C=O) groups is 1. The van der Waals surface area contributed by atoms with E-state index < -0.39 is 11.6 Å². The van der Waals surface area contributed by atoms with Gasteiger partial charge in [-0.05, 0) is 48.0 Å². The lowest BCUT2D eigenvalue weighted by molar-refractivity contribution is 0.0967. The predicted octanol–water partition coefficient (Wildman–Crippen LogP) is 5.10. The van der Waals surface area contributed by atoms with Gasteiger partial charge in [-0.3, -0.25) is 9.36 Å². The highest BCUT2D eigenvalue weighted by atomic mass is 35.5. The molecular weight excluding hydrogens is 464 g/mol. The van der Waals surface area contributed by atoms with E-state index in [0.717, 1.165) is 4.57 Å². The molecule has 1 N–H and O–H groups in total. The molecule has 4 rings (SSSR count). The fourth-order valence-corrected chi connectivity index (χ4v) is 4.35. The fourth-order valence-electron chi connectivity index (χ4n) is 3.31. The van der Waals surface area contributed by atoms with E-state index in [9.17, 15) is 14.7 Å². The molecule has 0 amide bonds. The van der Waals surface area contributed by atoms with Gasteiger partial charge in [-0.25, -0.2) is 9.36 Å². The van der Waals surface area contributed by atoms with Crippen molar-refractivity contribution in [3.8, 4) is 33.5 Å². The number of nitrogens with zero attached hydrogens (tertiary/aromatic N) is 2. The Morgan fingerprint density at radius 1 is 1.06 bits per heavy atom. The minimum atomic E-state index is -0.541. The molecule has 0 fully saturated rings. The molecule has 2 heterocycles. The molecule has 4 aromatic rings. The Hall–Kier alpha value is -3.75. The van der Waals surface area contributed by atoms with E-state index in [4.69, 9.17) is 21.1 Å². The zero-order chi connectivity index (χ0) is 23.5. The summed E-state index contributed by atoms with van der Waals surface area (Å²) in [5.41, 5.74) is 1.11. The summed E-state index contributed by atoms with van der Waals surface area (Å²) in [6, 6.07) is 15.6. The normalized spacial score (nSPS) is 11.1. The number of phenolic OH excluding ortho intramolecular Hbond substituents is 1. The zero-order valence-corrected chi connectivity index (χ0v) is 19.3. The summed E-state index contributed by atoms with van der Waals surface area (Å²) in [5.74, 6) is -0.290. The summed E-state index contributed by atoms with van der Waals surface area (Å²) in [6.07, 6.45) is 4.42. The van der Waals surface area contributed by atoms with Gasteiger partial charge in [0.25, 0.3) is 5.91 Å². The number of benzene rings is 2. The van der Waals surface area contributed by atoms with Gasteiger partial charge < -0.3 is 14.6 Å². The number of thiophene rings is 1. The number of methoxy groups -OCH3 is 2. The number of hydrogen-bond donors (Lipinski definition) is 1. The van der Waals surface area contributed by atoms with Crippen molar-refractivity contribution in [1.29, 1.82) is 0 Å². The van der Waals surface area contributed by atoms with Crippen molar-refractivity contribution in [1.82, 2.24) is 9.13 Å². The highest BCUT2D eigenvalue weighted by molar-refractivity contribution is 7.19. The van der Waals surface area contributed by atoms with Gasteiger partial charge in [-0.2, -0.15) is 0 Å². The lowest BCUT2D eigenvalue weighted by atomic mass is 10.1. The third-order valence-electron chi connectivity index (χ3n) is 4.89. The summed E-state index contributed by atoms with van der Waals surface area (Å²) >= 11 is 7.37. The predicted molar refractivity (Wildman–Crippen MR) is 129 cm³/mol. The van der Waals surface area contributed by atoms with Crippen LogP contribution in [-0.2, 0) is 0 Å². The monoisotopic (exact) mass is 482 g/mol. The van der Waals surface area contributed by atoms with E-state index in [-0.39, 0.29) is 17.2 Å². The van der Waals surface area contributed by atoms with Gasteiger partial charge in [0.15, 0.2) is 11.5 Å². The number of carbonyl (C=O) groups excluding carboxylic acids is 1. The Morgan fingerprint density at radius 2 is 1.73 bits per heavy atom. The third kappa shape index (κ3) is 4.44. The van der Waals surface area contributed by atoms with Crippen LogP contribution < -0.4 is 15.2 Å². The molecule has 9 heteroatoms. The molecule has 0 aliphatic rings. The zero-order valence-electron chi connectivity index (χ0n) is 17.7. The van der Waals surface area contributed by atoms with Gasteiger partial charge in [0, 0.05) is 12.3 Å². The van der Waals surface area contributed by atoms with Crippen LogP contribution in [0.25, 0.3) is 22.3 Å². The molecule has 7 nitrogen and oxygen atoms in total. The number of aromatic hydroxyl groups is 1. The van der Waals surface area contributed by atoms with Crippen molar-refractivity contribution < 1.29 is 19.4 Å². The van der Waals surface area contributed by atoms with Crippen LogP contribution in [-0.4, -0.2) is 34.4 Å². The van der Waals surface area contributed by atoms with Crippen molar-refractivity contribution in [3.63, 3.8) is 0 Å². The van der Waals surface area contributed by atoms with E-state index >= 15 is 0 Å². The van der Waals surface area contributed by atoms with Gasteiger partial charge in [-0.1, -0.05) is 29.8 Å². The van der Waals surface area contributed by atoms with E-state index in [1.165, 1.54) is 42.3 Å². The van der Waals surface area contributed by atoms with Crippen LogP contribution in [0.2, 0.25) is 4.34 Å². The first-order valence-electron chi connectivity index (χ1n) is 9.76. The Kier molecular flexibility index (Phi) is 6.39. The second-order valence-corrected chi connectivity index (χ2v) is 8.60. The van der Waals surface area contributed by atoms with E-state index in [1.54, 1.807) is 42.6 Å². The maximum Gasteiger partial charge on any atom is 0.340 e. The average Bonchev–Trinajstić information content (AvgIpc) is 3.41. The maximum atomic E-state index is 13.2. The molecule has 0 aliphatic carbocycles. The van der Waals surface area contributed by atoms with Crippen molar-refractivity contribution in [3.05, 3.63) is 87.3 Å². The molecule has 0 unspecified atom stereocenters. The Morgan fingerprint density at radius 3 is 2.30 bits per heavy atom. The van der Waals surface area contributed by atoms with Crippen molar-refractivity contribution in [2.45, 2.75) is 0 Å². The molecule has 0 aliphatic heterocycles. The molecule has 0 saturated carbocycles.